The molecule has 4 rings (SSSR count). The Morgan fingerprint density at radius 3 is 3.08 bits per heavy atom. The largest absolute Gasteiger partial charge is 0.352 e. The molecule has 0 saturated carbocycles. The van der Waals surface area contributed by atoms with Crippen LogP contribution in [0.2, 0.25) is 0 Å². The molecule has 5 nitrogen and oxygen atoms in total. The number of hydrogen-bond donors (Lipinski definition) is 1. The van der Waals surface area contributed by atoms with Crippen molar-refractivity contribution >= 4 is 17.2 Å². The Labute approximate surface area is 150 Å². The van der Waals surface area contributed by atoms with Gasteiger partial charge in [-0.2, -0.15) is 5.10 Å². The Kier molecular flexibility index (Phi) is 4.61. The Balaban J connectivity index is 1.32. The molecule has 1 N–H and O–H groups in total. The third-order valence-corrected chi connectivity index (χ3v) is 5.57. The van der Waals surface area contributed by atoms with Crippen molar-refractivity contribution in [3.8, 4) is 0 Å². The molecular formula is C19H20N4OS. The smallest absolute Gasteiger partial charge is 0.251 e. The number of hydrogen-bond acceptors (Lipinski definition) is 4. The molecule has 0 saturated heterocycles. The van der Waals surface area contributed by atoms with E-state index in [-0.39, 0.29) is 5.91 Å². The number of nitrogens with zero attached hydrogens (tertiary/aromatic N) is 3. The van der Waals surface area contributed by atoms with E-state index in [4.69, 9.17) is 0 Å². The minimum absolute atomic E-state index is 0.0357. The van der Waals surface area contributed by atoms with Crippen molar-refractivity contribution < 1.29 is 4.79 Å². The van der Waals surface area contributed by atoms with Gasteiger partial charge in [0.1, 0.15) is 0 Å². The van der Waals surface area contributed by atoms with Gasteiger partial charge in [0, 0.05) is 35.8 Å². The van der Waals surface area contributed by atoms with Crippen LogP contribution in [0.5, 0.6) is 0 Å². The van der Waals surface area contributed by atoms with Crippen LogP contribution < -0.4 is 5.32 Å². The molecule has 1 aliphatic rings. The lowest BCUT2D eigenvalue weighted by Gasteiger charge is -2.07. The first-order chi connectivity index (χ1) is 12.3. The van der Waals surface area contributed by atoms with Crippen molar-refractivity contribution in [1.29, 1.82) is 0 Å². The summed E-state index contributed by atoms with van der Waals surface area (Å²) in [6, 6.07) is 9.59. The first-order valence-corrected chi connectivity index (χ1v) is 9.41. The van der Waals surface area contributed by atoms with Crippen LogP contribution in [0, 0.1) is 0 Å². The maximum atomic E-state index is 12.4. The molecular weight excluding hydrogens is 332 g/mol. The Morgan fingerprint density at radius 2 is 2.24 bits per heavy atom. The average Bonchev–Trinajstić information content (AvgIpc) is 3.32. The minimum atomic E-state index is -0.0357. The topological polar surface area (TPSA) is 59.8 Å². The van der Waals surface area contributed by atoms with E-state index in [2.05, 4.69) is 15.4 Å². The molecule has 0 spiro atoms. The summed E-state index contributed by atoms with van der Waals surface area (Å²) in [6.45, 7) is 1.29. The Morgan fingerprint density at radius 1 is 1.28 bits per heavy atom. The Hall–Kier alpha value is -2.47. The predicted octanol–water partition coefficient (Wildman–Crippen LogP) is 2.85. The summed E-state index contributed by atoms with van der Waals surface area (Å²) in [7, 11) is 0. The summed E-state index contributed by atoms with van der Waals surface area (Å²) < 4.78 is 1.85. The molecule has 1 aliphatic carbocycles. The third kappa shape index (κ3) is 3.79. The molecule has 1 aromatic carbocycles. The van der Waals surface area contributed by atoms with E-state index >= 15 is 0 Å². The number of carbonyl (C=O) groups is 1. The molecule has 2 heterocycles. The average molecular weight is 352 g/mol. The zero-order valence-corrected chi connectivity index (χ0v) is 14.8. The lowest BCUT2D eigenvalue weighted by atomic mass is 10.1. The number of aromatic nitrogens is 3. The summed E-state index contributed by atoms with van der Waals surface area (Å²) in [4.78, 5) is 18.5. The standard InChI is InChI=1S/C19H20N4OS/c24-19(20-10-8-18-22-16-6-2-7-17(16)25-18)15-5-1-4-14(12-15)13-23-11-3-9-21-23/h1,3-5,9,11-12H,2,6-8,10,13H2,(H,20,24). The van der Waals surface area contributed by atoms with Crippen LogP contribution in [0.4, 0.5) is 0 Å². The molecule has 128 valence electrons. The number of fused-ring (bicyclic) bond motifs is 1. The molecule has 2 aromatic heterocycles. The number of aryl methyl sites for hydroxylation is 2. The monoisotopic (exact) mass is 352 g/mol. The summed E-state index contributed by atoms with van der Waals surface area (Å²) >= 11 is 1.80. The van der Waals surface area contributed by atoms with Gasteiger partial charge in [0.15, 0.2) is 0 Å². The maximum absolute atomic E-state index is 12.4. The SMILES string of the molecule is O=C(NCCc1nc2c(s1)CCC2)c1cccc(Cn2cccn2)c1. The summed E-state index contributed by atoms with van der Waals surface area (Å²) in [5, 5.41) is 8.34. The predicted molar refractivity (Wildman–Crippen MR) is 97.9 cm³/mol. The van der Waals surface area contributed by atoms with E-state index in [0.29, 0.717) is 18.7 Å². The lowest BCUT2D eigenvalue weighted by molar-refractivity contribution is 0.0954. The van der Waals surface area contributed by atoms with Crippen molar-refractivity contribution in [2.45, 2.75) is 32.2 Å². The first kappa shape index (κ1) is 16.0. The van der Waals surface area contributed by atoms with E-state index in [0.717, 1.165) is 23.4 Å². The van der Waals surface area contributed by atoms with Gasteiger partial charge >= 0.3 is 0 Å². The molecule has 0 bridgehead atoms. The van der Waals surface area contributed by atoms with Crippen molar-refractivity contribution in [1.82, 2.24) is 20.1 Å². The van der Waals surface area contributed by atoms with Gasteiger partial charge in [0.2, 0.25) is 0 Å². The quantitative estimate of drug-likeness (QED) is 0.742. The van der Waals surface area contributed by atoms with Crippen molar-refractivity contribution in [2.75, 3.05) is 6.54 Å². The summed E-state index contributed by atoms with van der Waals surface area (Å²) in [6.07, 6.45) is 7.99. The van der Waals surface area contributed by atoms with Gasteiger partial charge in [0.25, 0.3) is 5.91 Å². The number of thiazole rings is 1. The molecule has 0 fully saturated rings. The number of amides is 1. The van der Waals surface area contributed by atoms with E-state index in [1.807, 2.05) is 41.2 Å². The van der Waals surface area contributed by atoms with Gasteiger partial charge in [-0.15, -0.1) is 11.3 Å². The zero-order chi connectivity index (χ0) is 17.1. The second kappa shape index (κ2) is 7.19. The molecule has 3 aromatic rings. The molecule has 6 heteroatoms. The van der Waals surface area contributed by atoms with Crippen LogP contribution in [0.3, 0.4) is 0 Å². The minimum Gasteiger partial charge on any atom is -0.352 e. The summed E-state index contributed by atoms with van der Waals surface area (Å²) in [5.41, 5.74) is 3.02. The van der Waals surface area contributed by atoms with E-state index in [1.165, 1.54) is 23.4 Å². The molecule has 25 heavy (non-hydrogen) atoms. The highest BCUT2D eigenvalue weighted by atomic mass is 32.1. The Bertz CT molecular complexity index is 848. The fourth-order valence-electron chi connectivity index (χ4n) is 3.13. The van der Waals surface area contributed by atoms with Gasteiger partial charge in [-0.3, -0.25) is 9.48 Å². The lowest BCUT2D eigenvalue weighted by Crippen LogP contribution is -2.25. The second-order valence-corrected chi connectivity index (χ2v) is 7.41. The zero-order valence-electron chi connectivity index (χ0n) is 13.9. The van der Waals surface area contributed by atoms with Crippen LogP contribution >= 0.6 is 11.3 Å². The van der Waals surface area contributed by atoms with Crippen LogP contribution in [0.15, 0.2) is 42.7 Å². The van der Waals surface area contributed by atoms with E-state index in [1.54, 1.807) is 17.5 Å². The van der Waals surface area contributed by atoms with E-state index < -0.39 is 0 Å². The molecule has 0 aliphatic heterocycles. The van der Waals surface area contributed by atoms with Gasteiger partial charge in [-0.1, -0.05) is 12.1 Å². The third-order valence-electron chi connectivity index (χ3n) is 4.36. The highest BCUT2D eigenvalue weighted by molar-refractivity contribution is 7.11. The van der Waals surface area contributed by atoms with Crippen molar-refractivity contribution in [3.05, 3.63) is 69.4 Å². The van der Waals surface area contributed by atoms with Gasteiger partial charge in [0.05, 0.1) is 17.2 Å². The van der Waals surface area contributed by atoms with Crippen LogP contribution in [-0.2, 0) is 25.8 Å². The number of nitrogens with one attached hydrogen (secondary N) is 1. The van der Waals surface area contributed by atoms with E-state index in [9.17, 15) is 4.79 Å². The molecule has 0 unspecified atom stereocenters. The van der Waals surface area contributed by atoms with Crippen LogP contribution in [0.25, 0.3) is 0 Å². The number of benzene rings is 1. The summed E-state index contributed by atoms with van der Waals surface area (Å²) in [5.74, 6) is -0.0357. The molecule has 0 atom stereocenters. The fourth-order valence-corrected chi connectivity index (χ4v) is 4.28. The molecule has 1 amide bonds. The van der Waals surface area contributed by atoms with Gasteiger partial charge in [-0.05, 0) is 43.0 Å². The van der Waals surface area contributed by atoms with Crippen molar-refractivity contribution in [2.24, 2.45) is 0 Å². The van der Waals surface area contributed by atoms with Gasteiger partial charge < -0.3 is 5.32 Å². The highest BCUT2D eigenvalue weighted by Gasteiger charge is 2.16. The van der Waals surface area contributed by atoms with Gasteiger partial charge in [-0.25, -0.2) is 4.98 Å². The van der Waals surface area contributed by atoms with Crippen LogP contribution in [-0.4, -0.2) is 27.2 Å². The highest BCUT2D eigenvalue weighted by Crippen LogP contribution is 2.27. The first-order valence-electron chi connectivity index (χ1n) is 8.60. The number of rotatable bonds is 6. The fraction of sp³-hybridized carbons (Fsp3) is 0.316. The second-order valence-electron chi connectivity index (χ2n) is 6.24. The maximum Gasteiger partial charge on any atom is 0.251 e. The van der Waals surface area contributed by atoms with Crippen LogP contribution in [0.1, 0.15) is 37.9 Å². The van der Waals surface area contributed by atoms with Crippen molar-refractivity contribution in [3.63, 3.8) is 0 Å². The molecule has 0 radical (unpaired) electrons. The normalized spacial score (nSPS) is 13.0. The number of carbonyl (C=O) groups excluding carboxylic acids is 1.